The third kappa shape index (κ3) is 9.43. The second kappa shape index (κ2) is 21.2. The van der Waals surface area contributed by atoms with Gasteiger partial charge in [0, 0.05) is 19.6 Å². The van der Waals surface area contributed by atoms with E-state index in [1.54, 1.807) is 36.4 Å². The summed E-state index contributed by atoms with van der Waals surface area (Å²) in [6.07, 6.45) is -6.46. The minimum Gasteiger partial charge on any atom is -0.467 e. The SMILES string of the molecule is COC(=O)[C@H]1OC(=O)[C@@]2(O)[C@H](OC(=O)c3ccccc3)[C@@H](OC(=O)c3ccccc3)[C@@](CCC[C@@H](O[Si](c3ccccc3)(c3ccccc3)C(C)(C)C)[C@H](C)Cc3ccccc3)(OC)O[C@@]12C(=O)OC. The van der Waals surface area contributed by atoms with Gasteiger partial charge in [-0.25, -0.2) is 24.0 Å². The topological polar surface area (TPSA) is 179 Å². The van der Waals surface area contributed by atoms with Crippen LogP contribution < -0.4 is 10.4 Å². The highest BCUT2D eigenvalue weighted by Crippen LogP contribution is 2.55. The summed E-state index contributed by atoms with van der Waals surface area (Å²) >= 11 is 0. The monoisotopic (exact) mass is 972 g/mol. The first-order chi connectivity index (χ1) is 33.5. The molecule has 0 aliphatic carbocycles. The number of esters is 5. The van der Waals surface area contributed by atoms with Gasteiger partial charge in [-0.05, 0) is 70.4 Å². The fourth-order valence-electron chi connectivity index (χ4n) is 9.96. The van der Waals surface area contributed by atoms with Crippen molar-refractivity contribution < 1.29 is 66.7 Å². The Labute approximate surface area is 409 Å². The molecule has 70 heavy (non-hydrogen) atoms. The molecule has 0 spiro atoms. The zero-order chi connectivity index (χ0) is 50.3. The molecule has 15 heteroatoms. The number of aliphatic hydroxyl groups is 1. The fraction of sp³-hybridized carbons (Fsp3) is 0.364. The Bertz CT molecular complexity index is 2550. The van der Waals surface area contributed by atoms with Crippen LogP contribution in [-0.2, 0) is 58.4 Å². The van der Waals surface area contributed by atoms with Crippen molar-refractivity contribution >= 4 is 48.5 Å². The Morgan fingerprint density at radius 3 is 1.61 bits per heavy atom. The molecule has 14 nitrogen and oxygen atoms in total. The van der Waals surface area contributed by atoms with Crippen molar-refractivity contribution in [2.75, 3.05) is 21.3 Å². The maximum absolute atomic E-state index is 14.5. The molecule has 5 aromatic rings. The van der Waals surface area contributed by atoms with Gasteiger partial charge >= 0.3 is 29.8 Å². The average Bonchev–Trinajstić information content (AvgIpc) is 3.61. The number of ether oxygens (including phenoxy) is 7. The number of hydrogen-bond acceptors (Lipinski definition) is 14. The lowest BCUT2D eigenvalue weighted by atomic mass is 9.70. The van der Waals surface area contributed by atoms with Crippen LogP contribution >= 0.6 is 0 Å². The molecule has 368 valence electrons. The van der Waals surface area contributed by atoms with Gasteiger partial charge in [0.05, 0.1) is 25.3 Å². The molecule has 0 radical (unpaired) electrons. The lowest BCUT2D eigenvalue weighted by Gasteiger charge is -2.55. The first-order valence-electron chi connectivity index (χ1n) is 23.2. The van der Waals surface area contributed by atoms with Gasteiger partial charge in [-0.1, -0.05) is 155 Å². The Morgan fingerprint density at radius 2 is 1.16 bits per heavy atom. The van der Waals surface area contributed by atoms with Crippen LogP contribution in [0.25, 0.3) is 0 Å². The van der Waals surface area contributed by atoms with Crippen LogP contribution in [-0.4, -0.2) is 106 Å². The molecular weight excluding hydrogens is 913 g/mol. The van der Waals surface area contributed by atoms with E-state index >= 15 is 0 Å². The maximum atomic E-state index is 14.5. The molecule has 2 fully saturated rings. The molecule has 8 atom stereocenters. The largest absolute Gasteiger partial charge is 0.467 e. The van der Waals surface area contributed by atoms with Crippen LogP contribution in [0.4, 0.5) is 0 Å². The fourth-order valence-corrected chi connectivity index (χ4v) is 14.8. The number of cyclic esters (lactones) is 1. The first-order valence-corrected chi connectivity index (χ1v) is 25.1. The molecular formula is C55H60O14Si. The highest BCUT2D eigenvalue weighted by molar-refractivity contribution is 6.99. The van der Waals surface area contributed by atoms with Gasteiger partial charge in [0.15, 0.2) is 12.2 Å². The molecule has 1 N–H and O–H groups in total. The zero-order valence-corrected chi connectivity index (χ0v) is 41.4. The smallest absolute Gasteiger partial charge is 0.351 e. The third-order valence-corrected chi connectivity index (χ3v) is 18.5. The van der Waals surface area contributed by atoms with E-state index < -0.39 is 84.6 Å². The van der Waals surface area contributed by atoms with Gasteiger partial charge in [0.1, 0.15) is 0 Å². The van der Waals surface area contributed by atoms with Crippen molar-refractivity contribution in [2.45, 2.75) is 99.8 Å². The Hall–Kier alpha value is -6.49. The molecule has 7 rings (SSSR count). The summed E-state index contributed by atoms with van der Waals surface area (Å²) in [7, 11) is -0.102. The van der Waals surface area contributed by atoms with E-state index in [1.807, 2.05) is 54.6 Å². The van der Waals surface area contributed by atoms with Crippen molar-refractivity contribution in [1.29, 1.82) is 0 Å². The minimum absolute atomic E-state index is 0.0346. The summed E-state index contributed by atoms with van der Waals surface area (Å²) in [6, 6.07) is 45.9. The van der Waals surface area contributed by atoms with E-state index in [4.69, 9.17) is 37.6 Å². The Balaban J connectivity index is 1.39. The Morgan fingerprint density at radius 1 is 0.686 bits per heavy atom. The van der Waals surface area contributed by atoms with Gasteiger partial charge < -0.3 is 42.7 Å². The van der Waals surface area contributed by atoms with Crippen LogP contribution in [0, 0.1) is 5.92 Å². The number of carbonyl (C=O) groups is 5. The number of rotatable bonds is 18. The second-order valence-electron chi connectivity index (χ2n) is 18.7. The normalized spacial score (nSPS) is 24.0. The predicted octanol–water partition coefficient (Wildman–Crippen LogP) is 6.55. The van der Waals surface area contributed by atoms with Gasteiger partial charge in [0.2, 0.25) is 17.5 Å². The summed E-state index contributed by atoms with van der Waals surface area (Å²) in [5, 5.41) is 14.7. The molecule has 5 aromatic carbocycles. The van der Waals surface area contributed by atoms with Crippen molar-refractivity contribution in [3.63, 3.8) is 0 Å². The number of carbonyl (C=O) groups excluding carboxylic acids is 5. The van der Waals surface area contributed by atoms with Crippen molar-refractivity contribution in [1.82, 2.24) is 0 Å². The summed E-state index contributed by atoms with van der Waals surface area (Å²) in [6.45, 7) is 8.68. The highest BCUT2D eigenvalue weighted by Gasteiger charge is 2.87. The van der Waals surface area contributed by atoms with Crippen LogP contribution in [0.15, 0.2) is 152 Å². The second-order valence-corrected chi connectivity index (χ2v) is 22.9. The van der Waals surface area contributed by atoms with E-state index in [0.717, 1.165) is 30.2 Å². The molecule has 2 heterocycles. The first kappa shape index (κ1) is 51.4. The minimum atomic E-state index is -3.42. The molecule has 2 aliphatic heterocycles. The molecule has 0 unspecified atom stereocenters. The lowest BCUT2D eigenvalue weighted by molar-refractivity contribution is -0.391. The van der Waals surface area contributed by atoms with E-state index in [9.17, 15) is 29.1 Å². The third-order valence-electron chi connectivity index (χ3n) is 13.5. The highest BCUT2D eigenvalue weighted by atomic mass is 28.4. The quantitative estimate of drug-likeness (QED) is 0.0568. The zero-order valence-electron chi connectivity index (χ0n) is 40.4. The van der Waals surface area contributed by atoms with Crippen molar-refractivity contribution in [3.8, 4) is 0 Å². The van der Waals surface area contributed by atoms with Crippen LogP contribution in [0.2, 0.25) is 5.04 Å². The Kier molecular flexibility index (Phi) is 15.6. The number of fused-ring (bicyclic) bond motifs is 1. The van der Waals surface area contributed by atoms with Crippen LogP contribution in [0.5, 0.6) is 0 Å². The molecule has 0 amide bonds. The predicted molar refractivity (Wildman–Crippen MR) is 259 cm³/mol. The van der Waals surface area contributed by atoms with Crippen LogP contribution in [0.1, 0.15) is 73.2 Å². The summed E-state index contributed by atoms with van der Waals surface area (Å²) in [5.41, 5.74) is -5.52. The van der Waals surface area contributed by atoms with Gasteiger partial charge in [-0.15, -0.1) is 0 Å². The van der Waals surface area contributed by atoms with Gasteiger partial charge in [0.25, 0.3) is 13.9 Å². The molecule has 0 aromatic heterocycles. The molecule has 0 saturated carbocycles. The van der Waals surface area contributed by atoms with Crippen molar-refractivity contribution in [2.24, 2.45) is 5.92 Å². The number of methoxy groups -OCH3 is 3. The van der Waals surface area contributed by atoms with E-state index in [-0.39, 0.29) is 29.9 Å². The number of benzene rings is 5. The maximum Gasteiger partial charge on any atom is 0.351 e. The summed E-state index contributed by atoms with van der Waals surface area (Å²) in [5.74, 6) is -9.07. The molecule has 0 bridgehead atoms. The van der Waals surface area contributed by atoms with Crippen molar-refractivity contribution in [3.05, 3.63) is 168 Å². The standard InChI is InChI=1S/C55H60O14Si/c1-37(36-38-24-13-8-14-25-38)43(68-70(52(2,3)4,41-30-19-11-20-31-41)42-32-21-12-22-33-42)34-23-35-53(64-7)44(65-47(56)39-26-15-9-16-27-39)45(66-48(57)40-28-17-10-18-29-40)54(61)50(59)67-46(49(58)62-5)55(54,69-53)51(60)63-6/h8-22,24-33,37,43-46,61H,23,34-36H2,1-7H3/t37-,43-,44-,45-,46-,53+,54+,55-/m1/s1. The lowest BCUT2D eigenvalue weighted by Crippen LogP contribution is -2.82. The van der Waals surface area contributed by atoms with E-state index in [0.29, 0.717) is 12.8 Å². The van der Waals surface area contributed by atoms with Gasteiger partial charge in [-0.2, -0.15) is 0 Å². The number of hydrogen-bond donors (Lipinski definition) is 1. The molecule has 2 saturated heterocycles. The average molecular weight is 973 g/mol. The summed E-state index contributed by atoms with van der Waals surface area (Å²) < 4.78 is 48.9. The van der Waals surface area contributed by atoms with Crippen LogP contribution in [0.3, 0.4) is 0 Å². The molecule has 2 aliphatic rings. The van der Waals surface area contributed by atoms with E-state index in [2.05, 4.69) is 64.1 Å². The van der Waals surface area contributed by atoms with Gasteiger partial charge in [-0.3, -0.25) is 0 Å². The summed E-state index contributed by atoms with van der Waals surface area (Å²) in [4.78, 5) is 71.1. The van der Waals surface area contributed by atoms with E-state index in [1.165, 1.54) is 31.4 Å².